The average Bonchev–Trinajstić information content (AvgIpc) is 3.95. The fraction of sp³-hybridized carbons (Fsp3) is 0.439. The Bertz CT molecular complexity index is 3300. The predicted molar refractivity (Wildman–Crippen MR) is 285 cm³/mol. The molecule has 16 nitrogen and oxygen atoms in total. The van der Waals surface area contributed by atoms with Gasteiger partial charge in [-0.2, -0.15) is 31.6 Å². The maximum Gasteiger partial charge on any atom is 0.417 e. The molecule has 0 N–H and O–H groups in total. The van der Waals surface area contributed by atoms with Gasteiger partial charge in [-0.25, -0.2) is 18.6 Å². The van der Waals surface area contributed by atoms with Gasteiger partial charge in [-0.3, -0.25) is 14.0 Å². The highest BCUT2D eigenvalue weighted by Gasteiger charge is 2.54. The van der Waals surface area contributed by atoms with E-state index in [0.29, 0.717) is 54.0 Å². The second-order valence-corrected chi connectivity index (χ2v) is 23.2. The van der Waals surface area contributed by atoms with Gasteiger partial charge in [0.1, 0.15) is 63.8 Å². The molecule has 6 aromatic rings. The summed E-state index contributed by atoms with van der Waals surface area (Å²) in [5.41, 5.74) is -3.63. The van der Waals surface area contributed by atoms with E-state index in [4.69, 9.17) is 32.9 Å². The number of amides is 1. The topological polar surface area (TPSA) is 158 Å². The van der Waals surface area contributed by atoms with Crippen LogP contribution in [0.4, 0.5) is 38.3 Å². The van der Waals surface area contributed by atoms with Gasteiger partial charge in [0.05, 0.1) is 55.7 Å². The van der Waals surface area contributed by atoms with Gasteiger partial charge < -0.3 is 33.5 Å². The number of hydrogen-bond donors (Lipinski definition) is 0. The molecule has 0 aliphatic carbocycles. The van der Waals surface area contributed by atoms with E-state index in [1.54, 1.807) is 123 Å². The Morgan fingerprint density at radius 2 is 1.49 bits per heavy atom. The maximum absolute atomic E-state index is 18.3. The second-order valence-electron chi connectivity index (χ2n) is 21.6. The summed E-state index contributed by atoms with van der Waals surface area (Å²) in [6.45, 7) is 8.39. The van der Waals surface area contributed by atoms with Crippen molar-refractivity contribution < 1.29 is 63.0 Å². The van der Waals surface area contributed by atoms with Gasteiger partial charge in [-0.05, 0) is 114 Å². The van der Waals surface area contributed by atoms with E-state index in [2.05, 4.69) is 9.97 Å². The Balaban J connectivity index is 1.11. The van der Waals surface area contributed by atoms with Gasteiger partial charge in [-0.1, -0.05) is 54.6 Å². The van der Waals surface area contributed by atoms with Crippen LogP contribution in [-0.2, 0) is 44.1 Å². The Labute approximate surface area is 455 Å². The summed E-state index contributed by atoms with van der Waals surface area (Å²) in [6, 6.07) is 20.7. The van der Waals surface area contributed by atoms with Crippen molar-refractivity contribution in [2.45, 2.75) is 121 Å². The number of carbonyl (C=O) groups excluding carboxylic acids is 1. The highest BCUT2D eigenvalue weighted by Crippen LogP contribution is 2.49. The van der Waals surface area contributed by atoms with E-state index in [1.165, 1.54) is 14.2 Å². The number of ether oxygens (including phenoxy) is 5. The van der Waals surface area contributed by atoms with Crippen molar-refractivity contribution in [3.05, 3.63) is 124 Å². The first-order chi connectivity index (χ1) is 37.5. The fourth-order valence-electron chi connectivity index (χ4n) is 11.4. The molecular weight excluding hydrogens is 1050 g/mol. The number of methoxy groups -OCH3 is 2. The molecule has 6 atom stereocenters. The highest BCUT2D eigenvalue weighted by molar-refractivity contribution is 7.85. The molecule has 3 saturated heterocycles. The summed E-state index contributed by atoms with van der Waals surface area (Å²) in [7, 11) is 0.703. The Kier molecular flexibility index (Phi) is 15.1. The monoisotopic (exact) mass is 1120 g/mol. The number of nitrogens with zero attached hydrogens (tertiary/aromatic N) is 7. The lowest BCUT2D eigenvalue weighted by Crippen LogP contribution is -2.65. The van der Waals surface area contributed by atoms with E-state index < -0.39 is 104 Å². The molecule has 10 rings (SSSR count). The van der Waals surface area contributed by atoms with Crippen LogP contribution in [0.3, 0.4) is 0 Å². The van der Waals surface area contributed by atoms with E-state index in [-0.39, 0.29) is 60.8 Å². The molecule has 0 radical (unpaired) electrons. The zero-order valence-corrected chi connectivity index (χ0v) is 45.8. The third-order valence-electron chi connectivity index (χ3n) is 15.1. The molecule has 1 amide bonds. The van der Waals surface area contributed by atoms with Crippen LogP contribution in [0.2, 0.25) is 0 Å². The van der Waals surface area contributed by atoms with Crippen molar-refractivity contribution in [3.63, 3.8) is 0 Å². The summed E-state index contributed by atoms with van der Waals surface area (Å²) in [5, 5.41) is -0.0625. The molecule has 4 aliphatic heterocycles. The maximum atomic E-state index is 18.3. The number of piperazine rings is 1. The lowest BCUT2D eigenvalue weighted by molar-refractivity contribution is -0.137. The fourth-order valence-corrected chi connectivity index (χ4v) is 12.7. The molecule has 0 saturated carbocycles. The summed E-state index contributed by atoms with van der Waals surface area (Å²) >= 11 is 0. The van der Waals surface area contributed by atoms with Crippen molar-refractivity contribution >= 4 is 38.6 Å². The standard InChI is InChI=1S/C57H62F5N7O9S/c1-32-46(57(60,61)62)40(26-42(47(32)58)67(27-34-14-19-38(73-7)20-15-34)28-35-16-21-39(74-8)22-17-35)49-48(59)50-45-52(68-29-37-18-23-41(51(68)33(2)76-53(45)63-49)69(37)55(70)77-56(3,4)5)65-54(64-50)75-30-43-44(24-25-66(43)6)78-79(71,72)31-36-12-10-9-11-13-36/h9-17,19-22,26,33,37,41,43-44,51H,18,23-25,27-31H2,1-8H3/t33-,37+,41-,43-,44-,51+/m0/s1. The molecule has 4 aliphatic rings. The number of likely N-dealkylation sites (N-methyl/N-ethyl adjacent to an activating group) is 1. The van der Waals surface area contributed by atoms with Crippen LogP contribution in [0.5, 0.6) is 23.4 Å². The predicted octanol–water partition coefficient (Wildman–Crippen LogP) is 10.3. The molecule has 3 fully saturated rings. The first kappa shape index (κ1) is 55.3. The molecule has 6 heterocycles. The number of anilines is 2. The molecule has 0 unspecified atom stereocenters. The van der Waals surface area contributed by atoms with E-state index in [9.17, 15) is 13.2 Å². The van der Waals surface area contributed by atoms with Crippen LogP contribution in [0, 0.1) is 18.6 Å². The van der Waals surface area contributed by atoms with Gasteiger partial charge in [0, 0.05) is 31.7 Å². The zero-order valence-electron chi connectivity index (χ0n) is 45.0. The first-order valence-electron chi connectivity index (χ1n) is 26.1. The first-order valence-corrected chi connectivity index (χ1v) is 27.6. The second kappa shape index (κ2) is 21.5. The third kappa shape index (κ3) is 11.3. The van der Waals surface area contributed by atoms with E-state index >= 15 is 22.0 Å². The zero-order chi connectivity index (χ0) is 56.3. The van der Waals surface area contributed by atoms with Gasteiger partial charge >= 0.3 is 18.3 Å². The van der Waals surface area contributed by atoms with Crippen LogP contribution in [-0.4, -0.2) is 122 Å². The van der Waals surface area contributed by atoms with Crippen molar-refractivity contribution in [2.24, 2.45) is 0 Å². The highest BCUT2D eigenvalue weighted by atomic mass is 32.2. The minimum Gasteiger partial charge on any atom is -0.497 e. The van der Waals surface area contributed by atoms with Gasteiger partial charge in [0.2, 0.25) is 5.88 Å². The molecule has 79 heavy (non-hydrogen) atoms. The third-order valence-corrected chi connectivity index (χ3v) is 16.3. The number of halogens is 5. The van der Waals surface area contributed by atoms with Crippen molar-refractivity contribution in [2.75, 3.05) is 50.8 Å². The minimum absolute atomic E-state index is 0.00525. The molecule has 0 spiro atoms. The van der Waals surface area contributed by atoms with Crippen LogP contribution in [0.25, 0.3) is 22.2 Å². The van der Waals surface area contributed by atoms with E-state index in [0.717, 1.165) is 13.0 Å². The summed E-state index contributed by atoms with van der Waals surface area (Å²) in [4.78, 5) is 35.0. The lowest BCUT2D eigenvalue weighted by atomic mass is 9.95. The Hall–Kier alpha value is -7.04. The summed E-state index contributed by atoms with van der Waals surface area (Å²) in [5.74, 6) is -1.95. The molecule has 2 bridgehead atoms. The number of alkyl halides is 3. The van der Waals surface area contributed by atoms with Gasteiger partial charge in [0.25, 0.3) is 10.1 Å². The SMILES string of the molecule is COc1ccc(CN(Cc2ccc(OC)cc2)c2cc(-c3nc4c5c(nc(OC[C@H]6[C@@H](OS(=O)(=O)Cc7ccccc7)CCN6C)nc5c3F)N3C[C@H]5CC[C@@H]([C@H]3[C@H](C)O4)N5C(=O)OC(C)(C)C)c(C(F)(F)F)c(C)c2F)cc1. The van der Waals surface area contributed by atoms with Crippen molar-refractivity contribution in [1.29, 1.82) is 0 Å². The number of carbonyl (C=O) groups is 1. The van der Waals surface area contributed by atoms with Crippen LogP contribution >= 0.6 is 0 Å². The number of fused-ring (bicyclic) bond motifs is 5. The van der Waals surface area contributed by atoms with Crippen LogP contribution < -0.4 is 28.7 Å². The van der Waals surface area contributed by atoms with E-state index in [1.807, 2.05) is 9.80 Å². The number of hydrogen-bond acceptors (Lipinski definition) is 15. The number of aromatic nitrogens is 3. The van der Waals surface area contributed by atoms with Crippen molar-refractivity contribution in [1.82, 2.24) is 24.8 Å². The number of rotatable bonds is 15. The van der Waals surface area contributed by atoms with Crippen LogP contribution in [0.15, 0.2) is 84.9 Å². The number of benzene rings is 4. The molecule has 4 aromatic carbocycles. The lowest BCUT2D eigenvalue weighted by Gasteiger charge is -2.48. The van der Waals surface area contributed by atoms with Crippen molar-refractivity contribution in [3.8, 4) is 34.6 Å². The molecule has 2 aromatic heterocycles. The van der Waals surface area contributed by atoms with Gasteiger partial charge in [0.15, 0.2) is 5.82 Å². The normalized spacial score (nSPS) is 21.1. The molecular formula is C57H62F5N7O9S. The quantitative estimate of drug-likeness (QED) is 0.0706. The molecule has 22 heteroatoms. The Morgan fingerprint density at radius 3 is 2.10 bits per heavy atom. The average molecular weight is 1120 g/mol. The number of likely N-dealkylation sites (tertiary alicyclic amines) is 1. The summed E-state index contributed by atoms with van der Waals surface area (Å²) in [6.07, 6.45) is -6.05. The molecule has 420 valence electrons. The van der Waals surface area contributed by atoms with Crippen LogP contribution in [0.1, 0.15) is 74.8 Å². The number of pyridine rings is 1. The van der Waals surface area contributed by atoms with Gasteiger partial charge in [-0.15, -0.1) is 0 Å². The summed E-state index contributed by atoms with van der Waals surface area (Å²) < 4.78 is 145. The largest absolute Gasteiger partial charge is 0.497 e. The smallest absolute Gasteiger partial charge is 0.417 e. The Morgan fingerprint density at radius 1 is 0.848 bits per heavy atom. The minimum atomic E-state index is -5.24.